The zero-order chi connectivity index (χ0) is 24.5. The Morgan fingerprint density at radius 1 is 0.941 bits per heavy atom. The molecule has 0 aliphatic carbocycles. The predicted molar refractivity (Wildman–Crippen MR) is 136 cm³/mol. The van der Waals surface area contributed by atoms with Crippen molar-refractivity contribution in [3.05, 3.63) is 94.8 Å². The van der Waals surface area contributed by atoms with Gasteiger partial charge >= 0.3 is 5.97 Å². The van der Waals surface area contributed by atoms with E-state index in [-0.39, 0.29) is 25.0 Å². The first-order chi connectivity index (χ1) is 16.5. The Bertz CT molecular complexity index is 1150. The molecule has 0 saturated heterocycles. The minimum atomic E-state index is -0.324. The normalized spacial score (nSPS) is 11.5. The maximum absolute atomic E-state index is 15.0. The number of benzene rings is 3. The molecule has 4 heteroatoms. The fraction of sp³-hybridized carbons (Fsp3) is 0.300. The van der Waals surface area contributed by atoms with Gasteiger partial charge in [0.25, 0.3) is 0 Å². The van der Waals surface area contributed by atoms with Crippen molar-refractivity contribution in [2.24, 2.45) is 0 Å². The number of hydrogen-bond donors (Lipinski definition) is 1. The van der Waals surface area contributed by atoms with Crippen molar-refractivity contribution in [2.45, 2.75) is 59.7 Å². The molecule has 0 aliphatic rings. The topological polar surface area (TPSA) is 46.5 Å². The molecule has 3 rings (SSSR count). The summed E-state index contributed by atoms with van der Waals surface area (Å²) in [5.41, 5.74) is 6.41. The standard InChI is InChI=1S/C30H33FO3/c1-4-6-7-8-23-13-14-25(17-27(23)20-34-30(33)21(3)5-2)26-15-16-28(29(31)18-26)24-11-9-22(19-32)10-12-24/h5,9-18,32H,4,6-8,19-20H2,1-3H3/b21-5+. The lowest BCUT2D eigenvalue weighted by Gasteiger charge is -2.14. The van der Waals surface area contributed by atoms with Crippen LogP contribution in [0.15, 0.2) is 72.3 Å². The van der Waals surface area contributed by atoms with Crippen molar-refractivity contribution >= 4 is 5.97 Å². The van der Waals surface area contributed by atoms with Crippen LogP contribution in [0.3, 0.4) is 0 Å². The summed E-state index contributed by atoms with van der Waals surface area (Å²) >= 11 is 0. The van der Waals surface area contributed by atoms with E-state index in [2.05, 4.69) is 13.0 Å². The van der Waals surface area contributed by atoms with Crippen molar-refractivity contribution in [1.29, 1.82) is 0 Å². The zero-order valence-corrected chi connectivity index (χ0v) is 20.2. The van der Waals surface area contributed by atoms with Crippen molar-refractivity contribution in [2.75, 3.05) is 0 Å². The number of halogens is 1. The van der Waals surface area contributed by atoms with Gasteiger partial charge in [-0.25, -0.2) is 9.18 Å². The summed E-state index contributed by atoms with van der Waals surface area (Å²) in [6.07, 6.45) is 6.01. The van der Waals surface area contributed by atoms with E-state index >= 15 is 4.39 Å². The van der Waals surface area contributed by atoms with E-state index in [0.29, 0.717) is 11.1 Å². The second-order valence-electron chi connectivity index (χ2n) is 8.54. The quantitative estimate of drug-likeness (QED) is 0.195. The largest absolute Gasteiger partial charge is 0.457 e. The van der Waals surface area contributed by atoms with Gasteiger partial charge in [0.1, 0.15) is 12.4 Å². The number of esters is 1. The molecule has 0 aromatic heterocycles. The number of carbonyl (C=O) groups is 1. The third-order valence-electron chi connectivity index (χ3n) is 6.12. The van der Waals surface area contributed by atoms with Crippen molar-refractivity contribution in [3.8, 4) is 22.3 Å². The summed E-state index contributed by atoms with van der Waals surface area (Å²) in [5.74, 6) is -0.631. The molecule has 34 heavy (non-hydrogen) atoms. The third-order valence-corrected chi connectivity index (χ3v) is 6.12. The molecule has 0 bridgehead atoms. The van der Waals surface area contributed by atoms with Crippen LogP contribution in [-0.2, 0) is 29.2 Å². The molecule has 0 aliphatic heterocycles. The number of rotatable bonds is 10. The maximum Gasteiger partial charge on any atom is 0.333 e. The van der Waals surface area contributed by atoms with E-state index < -0.39 is 0 Å². The number of carbonyl (C=O) groups excluding carboxylic acids is 1. The summed E-state index contributed by atoms with van der Waals surface area (Å²) in [6, 6.07) is 18.5. The van der Waals surface area contributed by atoms with Crippen LogP contribution in [0.25, 0.3) is 22.3 Å². The summed E-state index contributed by atoms with van der Waals surface area (Å²) in [7, 11) is 0. The molecule has 0 saturated carbocycles. The number of aliphatic hydroxyl groups excluding tert-OH is 1. The van der Waals surface area contributed by atoms with Gasteiger partial charge in [-0.1, -0.05) is 74.4 Å². The molecule has 3 nitrogen and oxygen atoms in total. The Morgan fingerprint density at radius 2 is 1.62 bits per heavy atom. The highest BCUT2D eigenvalue weighted by Gasteiger charge is 2.12. The van der Waals surface area contributed by atoms with Gasteiger partial charge in [-0.3, -0.25) is 0 Å². The van der Waals surface area contributed by atoms with Gasteiger partial charge in [0, 0.05) is 11.1 Å². The number of allylic oxidation sites excluding steroid dienone is 1. The molecular weight excluding hydrogens is 427 g/mol. The molecule has 0 unspecified atom stereocenters. The molecule has 178 valence electrons. The molecular formula is C30H33FO3. The van der Waals surface area contributed by atoms with E-state index in [4.69, 9.17) is 4.74 Å². The molecule has 0 amide bonds. The van der Waals surface area contributed by atoms with Crippen LogP contribution < -0.4 is 0 Å². The van der Waals surface area contributed by atoms with Gasteiger partial charge in [0.2, 0.25) is 0 Å². The Labute approximate surface area is 201 Å². The summed E-state index contributed by atoms with van der Waals surface area (Å²) in [5, 5.41) is 9.22. The first kappa shape index (κ1) is 25.4. The first-order valence-corrected chi connectivity index (χ1v) is 11.9. The number of hydrogen-bond acceptors (Lipinski definition) is 3. The van der Waals surface area contributed by atoms with Crippen molar-refractivity contribution in [1.82, 2.24) is 0 Å². The van der Waals surface area contributed by atoms with E-state index in [9.17, 15) is 9.90 Å². The number of ether oxygens (including phenoxy) is 1. The summed E-state index contributed by atoms with van der Waals surface area (Å²) in [6.45, 7) is 5.87. The predicted octanol–water partition coefficient (Wildman–Crippen LogP) is 7.39. The molecule has 0 fully saturated rings. The Balaban J connectivity index is 1.88. The van der Waals surface area contributed by atoms with Gasteiger partial charge in [-0.2, -0.15) is 0 Å². The fourth-order valence-corrected chi connectivity index (χ4v) is 3.84. The van der Waals surface area contributed by atoms with E-state index in [1.165, 1.54) is 0 Å². The Hall–Kier alpha value is -3.24. The zero-order valence-electron chi connectivity index (χ0n) is 20.2. The first-order valence-electron chi connectivity index (χ1n) is 11.9. The lowest BCUT2D eigenvalue weighted by Crippen LogP contribution is -2.07. The number of aryl methyl sites for hydroxylation is 1. The maximum atomic E-state index is 15.0. The average molecular weight is 461 g/mol. The van der Waals surface area contributed by atoms with Crippen LogP contribution in [-0.4, -0.2) is 11.1 Å². The number of aliphatic hydroxyl groups is 1. The summed E-state index contributed by atoms with van der Waals surface area (Å²) in [4.78, 5) is 12.2. The molecule has 0 radical (unpaired) electrons. The molecule has 0 spiro atoms. The van der Waals surface area contributed by atoms with Gasteiger partial charge in [-0.05, 0) is 72.2 Å². The molecule has 1 N–H and O–H groups in total. The second-order valence-corrected chi connectivity index (χ2v) is 8.54. The van der Waals surface area contributed by atoms with Crippen LogP contribution in [0.2, 0.25) is 0 Å². The van der Waals surface area contributed by atoms with Gasteiger partial charge < -0.3 is 9.84 Å². The SMILES string of the molecule is C/C=C(\C)C(=O)OCc1cc(-c2ccc(-c3ccc(CO)cc3)c(F)c2)ccc1CCCCC. The average Bonchev–Trinajstić information content (AvgIpc) is 2.87. The lowest BCUT2D eigenvalue weighted by atomic mass is 9.94. The summed E-state index contributed by atoms with van der Waals surface area (Å²) < 4.78 is 20.6. The van der Waals surface area contributed by atoms with Crippen LogP contribution in [0.5, 0.6) is 0 Å². The molecule has 0 heterocycles. The van der Waals surface area contributed by atoms with E-state index in [0.717, 1.165) is 59.1 Å². The van der Waals surface area contributed by atoms with Crippen LogP contribution >= 0.6 is 0 Å². The highest BCUT2D eigenvalue weighted by molar-refractivity contribution is 5.87. The van der Waals surface area contributed by atoms with Crippen LogP contribution in [0.1, 0.15) is 56.7 Å². The minimum absolute atomic E-state index is 0.0396. The van der Waals surface area contributed by atoms with Gasteiger partial charge in [0.15, 0.2) is 0 Å². The van der Waals surface area contributed by atoms with Gasteiger partial charge in [0.05, 0.1) is 6.61 Å². The van der Waals surface area contributed by atoms with Gasteiger partial charge in [-0.15, -0.1) is 0 Å². The minimum Gasteiger partial charge on any atom is -0.457 e. The Morgan fingerprint density at radius 3 is 2.26 bits per heavy atom. The third kappa shape index (κ3) is 6.42. The van der Waals surface area contributed by atoms with Crippen molar-refractivity contribution < 1.29 is 19.0 Å². The molecule has 3 aromatic rings. The van der Waals surface area contributed by atoms with E-state index in [1.807, 2.05) is 37.3 Å². The molecule has 3 aromatic carbocycles. The van der Waals surface area contributed by atoms with E-state index in [1.54, 1.807) is 37.3 Å². The molecule has 0 atom stereocenters. The fourth-order valence-electron chi connectivity index (χ4n) is 3.84. The highest BCUT2D eigenvalue weighted by atomic mass is 19.1. The number of unbranched alkanes of at least 4 members (excludes halogenated alkanes) is 2. The van der Waals surface area contributed by atoms with Crippen LogP contribution in [0, 0.1) is 5.82 Å². The second kappa shape index (κ2) is 12.3. The smallest absolute Gasteiger partial charge is 0.333 e. The highest BCUT2D eigenvalue weighted by Crippen LogP contribution is 2.30. The monoisotopic (exact) mass is 460 g/mol. The lowest BCUT2D eigenvalue weighted by molar-refractivity contribution is -0.140. The Kier molecular flexibility index (Phi) is 9.17. The van der Waals surface area contributed by atoms with Crippen LogP contribution in [0.4, 0.5) is 4.39 Å². The van der Waals surface area contributed by atoms with Crippen molar-refractivity contribution in [3.63, 3.8) is 0 Å².